The molecule has 1 aromatic heterocycles. The van der Waals surface area contributed by atoms with Crippen LogP contribution in [0, 0.1) is 13.8 Å². The maximum Gasteiger partial charge on any atom is 0.256 e. The minimum Gasteiger partial charge on any atom is -0.378 e. The summed E-state index contributed by atoms with van der Waals surface area (Å²) in [5, 5.41) is 3.06. The highest BCUT2D eigenvalue weighted by Gasteiger charge is 2.17. The van der Waals surface area contributed by atoms with Crippen LogP contribution in [0.25, 0.3) is 0 Å². The number of ether oxygens (including phenoxy) is 1. The third-order valence-electron chi connectivity index (χ3n) is 3.79. The Bertz CT molecular complexity index is 675. The van der Waals surface area contributed by atoms with E-state index in [9.17, 15) is 4.79 Å². The number of nitrogens with zero attached hydrogens (tertiary/aromatic N) is 1. The van der Waals surface area contributed by atoms with Crippen molar-refractivity contribution in [1.29, 1.82) is 0 Å². The molecule has 1 fully saturated rings. The first kappa shape index (κ1) is 15.1. The van der Waals surface area contributed by atoms with Crippen molar-refractivity contribution >= 4 is 28.6 Å². The maximum absolute atomic E-state index is 12.5. The van der Waals surface area contributed by atoms with Crippen molar-refractivity contribution in [2.45, 2.75) is 13.8 Å². The third kappa shape index (κ3) is 3.15. The van der Waals surface area contributed by atoms with Gasteiger partial charge >= 0.3 is 0 Å². The van der Waals surface area contributed by atoms with Gasteiger partial charge in [-0.2, -0.15) is 0 Å². The lowest BCUT2D eigenvalue weighted by atomic mass is 10.2. The van der Waals surface area contributed by atoms with Crippen LogP contribution in [0.5, 0.6) is 0 Å². The topological polar surface area (TPSA) is 41.6 Å². The number of carbonyl (C=O) groups is 1. The Hall–Kier alpha value is -1.85. The van der Waals surface area contributed by atoms with Crippen LogP contribution in [0.15, 0.2) is 30.3 Å². The van der Waals surface area contributed by atoms with Gasteiger partial charge in [0, 0.05) is 22.8 Å². The maximum atomic E-state index is 12.5. The largest absolute Gasteiger partial charge is 0.378 e. The summed E-state index contributed by atoms with van der Waals surface area (Å²) >= 11 is 1.65. The lowest BCUT2D eigenvalue weighted by Gasteiger charge is -2.30. The first-order chi connectivity index (χ1) is 10.6. The molecule has 116 valence electrons. The summed E-state index contributed by atoms with van der Waals surface area (Å²) in [5.74, 6) is -0.0393. The molecule has 0 aliphatic carbocycles. The minimum absolute atomic E-state index is 0.0393. The van der Waals surface area contributed by atoms with Crippen LogP contribution in [0.3, 0.4) is 0 Å². The average Bonchev–Trinajstić information content (AvgIpc) is 2.87. The number of thiophene rings is 1. The molecule has 2 aromatic rings. The van der Waals surface area contributed by atoms with Gasteiger partial charge in [-0.15, -0.1) is 11.3 Å². The number of carbonyl (C=O) groups excluding carboxylic acids is 1. The summed E-state index contributed by atoms with van der Waals surface area (Å²) in [7, 11) is 0. The van der Waals surface area contributed by atoms with Crippen molar-refractivity contribution in [2.24, 2.45) is 0 Å². The number of nitrogens with one attached hydrogen (secondary N) is 1. The molecular weight excluding hydrogens is 296 g/mol. The van der Waals surface area contributed by atoms with Crippen molar-refractivity contribution < 1.29 is 9.53 Å². The van der Waals surface area contributed by atoms with E-state index in [1.54, 1.807) is 11.3 Å². The molecular formula is C17H20N2O2S. The Morgan fingerprint density at radius 1 is 1.23 bits per heavy atom. The zero-order valence-electron chi connectivity index (χ0n) is 12.9. The van der Waals surface area contributed by atoms with Gasteiger partial charge in [0.2, 0.25) is 0 Å². The SMILES string of the molecule is Cc1cc(C(=O)Nc2ccccc2N2CCOCC2)c(C)s1. The molecule has 0 saturated carbocycles. The molecule has 1 aliphatic heterocycles. The van der Waals surface area contributed by atoms with Crippen LogP contribution in [-0.4, -0.2) is 32.2 Å². The number of amides is 1. The van der Waals surface area contributed by atoms with Gasteiger partial charge < -0.3 is 15.0 Å². The van der Waals surface area contributed by atoms with Gasteiger partial charge in [0.1, 0.15) is 0 Å². The molecule has 0 radical (unpaired) electrons. The molecule has 0 atom stereocenters. The van der Waals surface area contributed by atoms with Crippen molar-refractivity contribution in [3.05, 3.63) is 45.6 Å². The first-order valence-corrected chi connectivity index (χ1v) is 8.27. The zero-order valence-corrected chi connectivity index (χ0v) is 13.7. The molecule has 1 N–H and O–H groups in total. The predicted octanol–water partition coefficient (Wildman–Crippen LogP) is 3.45. The summed E-state index contributed by atoms with van der Waals surface area (Å²) in [6.07, 6.45) is 0. The molecule has 1 aliphatic rings. The molecule has 1 aromatic carbocycles. The van der Waals surface area contributed by atoms with E-state index in [0.717, 1.165) is 53.0 Å². The third-order valence-corrected chi connectivity index (χ3v) is 4.76. The Balaban J connectivity index is 1.83. The molecule has 0 spiro atoms. The zero-order chi connectivity index (χ0) is 15.5. The normalized spacial score (nSPS) is 14.9. The van der Waals surface area contributed by atoms with Gasteiger partial charge in [-0.3, -0.25) is 4.79 Å². The lowest BCUT2D eigenvalue weighted by molar-refractivity contribution is 0.102. The summed E-state index contributed by atoms with van der Waals surface area (Å²) < 4.78 is 5.40. The summed E-state index contributed by atoms with van der Waals surface area (Å²) in [5.41, 5.74) is 2.68. The molecule has 22 heavy (non-hydrogen) atoms. The highest BCUT2D eigenvalue weighted by Crippen LogP contribution is 2.28. The quantitative estimate of drug-likeness (QED) is 0.943. The van der Waals surface area contributed by atoms with Gasteiger partial charge in [0.15, 0.2) is 0 Å². The molecule has 1 amide bonds. The fraction of sp³-hybridized carbons (Fsp3) is 0.353. The van der Waals surface area contributed by atoms with E-state index < -0.39 is 0 Å². The standard InChI is InChI=1S/C17H20N2O2S/c1-12-11-14(13(2)22-12)17(20)18-15-5-3-4-6-16(15)19-7-9-21-10-8-19/h3-6,11H,7-10H2,1-2H3,(H,18,20). The predicted molar refractivity (Wildman–Crippen MR) is 91.2 cm³/mol. The number of hydrogen-bond acceptors (Lipinski definition) is 4. The van der Waals surface area contributed by atoms with E-state index >= 15 is 0 Å². The van der Waals surface area contributed by atoms with Crippen LogP contribution in [0.4, 0.5) is 11.4 Å². The van der Waals surface area contributed by atoms with Crippen molar-refractivity contribution in [2.75, 3.05) is 36.5 Å². The molecule has 0 bridgehead atoms. The highest BCUT2D eigenvalue weighted by molar-refractivity contribution is 7.12. The smallest absolute Gasteiger partial charge is 0.256 e. The van der Waals surface area contributed by atoms with Gasteiger partial charge in [-0.05, 0) is 32.0 Å². The molecule has 5 heteroatoms. The Morgan fingerprint density at radius 3 is 2.64 bits per heavy atom. The number of hydrogen-bond donors (Lipinski definition) is 1. The molecule has 4 nitrogen and oxygen atoms in total. The number of aryl methyl sites for hydroxylation is 2. The van der Waals surface area contributed by atoms with E-state index in [4.69, 9.17) is 4.74 Å². The highest BCUT2D eigenvalue weighted by atomic mass is 32.1. The van der Waals surface area contributed by atoms with Crippen molar-refractivity contribution in [3.63, 3.8) is 0 Å². The fourth-order valence-corrected chi connectivity index (χ4v) is 3.63. The number of rotatable bonds is 3. The molecule has 3 rings (SSSR count). The molecule has 1 saturated heterocycles. The Kier molecular flexibility index (Phi) is 4.45. The summed E-state index contributed by atoms with van der Waals surface area (Å²) in [4.78, 5) is 17.0. The van der Waals surface area contributed by atoms with Crippen LogP contribution < -0.4 is 10.2 Å². The Morgan fingerprint density at radius 2 is 1.95 bits per heavy atom. The second-order valence-corrected chi connectivity index (χ2v) is 6.86. The fourth-order valence-electron chi connectivity index (χ4n) is 2.71. The second kappa shape index (κ2) is 6.50. The van der Waals surface area contributed by atoms with E-state index in [1.807, 2.05) is 44.2 Å². The van der Waals surface area contributed by atoms with E-state index in [-0.39, 0.29) is 5.91 Å². The van der Waals surface area contributed by atoms with Gasteiger partial charge in [-0.1, -0.05) is 12.1 Å². The van der Waals surface area contributed by atoms with Gasteiger partial charge in [0.05, 0.1) is 30.2 Å². The number of anilines is 2. The first-order valence-electron chi connectivity index (χ1n) is 7.45. The summed E-state index contributed by atoms with van der Waals surface area (Å²) in [6.45, 7) is 7.17. The molecule has 0 unspecified atom stereocenters. The average molecular weight is 316 g/mol. The lowest BCUT2D eigenvalue weighted by Crippen LogP contribution is -2.36. The van der Waals surface area contributed by atoms with Gasteiger partial charge in [0.25, 0.3) is 5.91 Å². The Labute approximate surface area is 134 Å². The van der Waals surface area contributed by atoms with Crippen LogP contribution in [0.1, 0.15) is 20.1 Å². The van der Waals surface area contributed by atoms with E-state index in [1.165, 1.54) is 0 Å². The number of benzene rings is 1. The summed E-state index contributed by atoms with van der Waals surface area (Å²) in [6, 6.07) is 9.91. The van der Waals surface area contributed by atoms with Gasteiger partial charge in [-0.25, -0.2) is 0 Å². The minimum atomic E-state index is -0.0393. The number of para-hydroxylation sites is 2. The second-order valence-electron chi connectivity index (χ2n) is 5.40. The van der Waals surface area contributed by atoms with Crippen molar-refractivity contribution in [1.82, 2.24) is 0 Å². The molecule has 2 heterocycles. The van der Waals surface area contributed by atoms with Crippen molar-refractivity contribution in [3.8, 4) is 0 Å². The van der Waals surface area contributed by atoms with Crippen LogP contribution >= 0.6 is 11.3 Å². The van der Waals surface area contributed by atoms with Crippen LogP contribution in [0.2, 0.25) is 0 Å². The van der Waals surface area contributed by atoms with E-state index in [0.29, 0.717) is 0 Å². The van der Waals surface area contributed by atoms with E-state index in [2.05, 4.69) is 10.2 Å². The number of morpholine rings is 1. The van der Waals surface area contributed by atoms with Crippen LogP contribution in [-0.2, 0) is 4.74 Å². The monoisotopic (exact) mass is 316 g/mol.